The zero-order valence-corrected chi connectivity index (χ0v) is 15.8. The van der Waals surface area contributed by atoms with Gasteiger partial charge in [0.15, 0.2) is 0 Å². The van der Waals surface area contributed by atoms with Crippen LogP contribution >= 0.6 is 0 Å². The van der Waals surface area contributed by atoms with Crippen molar-refractivity contribution >= 4 is 5.91 Å². The van der Waals surface area contributed by atoms with Gasteiger partial charge in [0.05, 0.1) is 13.1 Å². The number of hydrogen-bond acceptors (Lipinski definition) is 5. The van der Waals surface area contributed by atoms with Crippen molar-refractivity contribution in [2.24, 2.45) is 0 Å². The van der Waals surface area contributed by atoms with Crippen LogP contribution in [0.2, 0.25) is 0 Å². The molecule has 0 spiro atoms. The molecule has 142 valence electrons. The Bertz CT molecular complexity index is 837. The smallest absolute Gasteiger partial charge is 0.234 e. The van der Waals surface area contributed by atoms with Crippen molar-refractivity contribution in [1.29, 1.82) is 0 Å². The van der Waals surface area contributed by atoms with Gasteiger partial charge < -0.3 is 10.1 Å². The lowest BCUT2D eigenvalue weighted by Gasteiger charge is -2.19. The fourth-order valence-corrected chi connectivity index (χ4v) is 3.87. The molecule has 0 unspecified atom stereocenters. The summed E-state index contributed by atoms with van der Waals surface area (Å²) in [6.07, 6.45) is 4.50. The van der Waals surface area contributed by atoms with E-state index in [9.17, 15) is 4.79 Å². The van der Waals surface area contributed by atoms with E-state index in [1.165, 1.54) is 24.1 Å². The molecule has 0 saturated heterocycles. The first-order valence-corrected chi connectivity index (χ1v) is 9.74. The molecule has 6 nitrogen and oxygen atoms in total. The van der Waals surface area contributed by atoms with Gasteiger partial charge in [0, 0.05) is 30.0 Å². The lowest BCUT2D eigenvalue weighted by molar-refractivity contribution is -0.122. The standard InChI is InChI=1S/C21H26N4O2/c1-15-17-7-3-4-8-18(17)24-20(23-15)12-22-21(26)14-25-10-11-27-19-9-5-2-6-16(19)13-25/h2,5-6,9H,3-4,7-8,10-14H2,1H3,(H,22,26). The Morgan fingerprint density at radius 1 is 1.22 bits per heavy atom. The first-order chi connectivity index (χ1) is 13.2. The largest absolute Gasteiger partial charge is 0.492 e. The number of nitrogens with one attached hydrogen (secondary N) is 1. The summed E-state index contributed by atoms with van der Waals surface area (Å²) in [4.78, 5) is 23.8. The van der Waals surface area contributed by atoms with E-state index >= 15 is 0 Å². The Morgan fingerprint density at radius 3 is 3.00 bits per heavy atom. The minimum absolute atomic E-state index is 0.00615. The van der Waals surface area contributed by atoms with E-state index in [0.717, 1.165) is 42.9 Å². The fourth-order valence-electron chi connectivity index (χ4n) is 3.87. The molecule has 1 aliphatic heterocycles. The number of fused-ring (bicyclic) bond motifs is 2. The molecule has 4 rings (SSSR count). The van der Waals surface area contributed by atoms with Crippen LogP contribution in [0.25, 0.3) is 0 Å². The Labute approximate surface area is 160 Å². The maximum Gasteiger partial charge on any atom is 0.234 e. The first-order valence-electron chi connectivity index (χ1n) is 9.74. The predicted octanol–water partition coefficient (Wildman–Crippen LogP) is 2.17. The van der Waals surface area contributed by atoms with Gasteiger partial charge in [-0.25, -0.2) is 9.97 Å². The normalized spacial score (nSPS) is 16.6. The number of aromatic nitrogens is 2. The van der Waals surface area contributed by atoms with E-state index in [1.54, 1.807) is 0 Å². The van der Waals surface area contributed by atoms with Gasteiger partial charge >= 0.3 is 0 Å². The Hall–Kier alpha value is -2.47. The van der Waals surface area contributed by atoms with E-state index in [4.69, 9.17) is 4.74 Å². The van der Waals surface area contributed by atoms with E-state index in [-0.39, 0.29) is 5.91 Å². The molecule has 1 aromatic carbocycles. The molecule has 2 aliphatic rings. The van der Waals surface area contributed by atoms with Crippen molar-refractivity contribution in [3.8, 4) is 5.75 Å². The van der Waals surface area contributed by atoms with Crippen LogP contribution in [-0.2, 0) is 30.7 Å². The third-order valence-electron chi connectivity index (χ3n) is 5.28. The number of ether oxygens (including phenoxy) is 1. The quantitative estimate of drug-likeness (QED) is 0.898. The number of carbonyl (C=O) groups is 1. The molecule has 27 heavy (non-hydrogen) atoms. The van der Waals surface area contributed by atoms with Gasteiger partial charge in [-0.1, -0.05) is 18.2 Å². The molecule has 6 heteroatoms. The number of para-hydroxylation sites is 1. The summed E-state index contributed by atoms with van der Waals surface area (Å²) >= 11 is 0. The molecule has 2 aromatic rings. The molecule has 2 heterocycles. The Kier molecular flexibility index (Phi) is 5.34. The maximum absolute atomic E-state index is 12.4. The highest BCUT2D eigenvalue weighted by atomic mass is 16.5. The number of benzene rings is 1. The zero-order chi connectivity index (χ0) is 18.6. The summed E-state index contributed by atoms with van der Waals surface area (Å²) in [7, 11) is 0. The highest BCUT2D eigenvalue weighted by Crippen LogP contribution is 2.23. The number of amides is 1. The lowest BCUT2D eigenvalue weighted by atomic mass is 9.95. The SMILES string of the molecule is Cc1nc(CNC(=O)CN2CCOc3ccccc3C2)nc2c1CCCC2. The van der Waals surface area contributed by atoms with Gasteiger partial charge in [0.1, 0.15) is 18.2 Å². The van der Waals surface area contributed by atoms with Crippen LogP contribution in [0.15, 0.2) is 24.3 Å². The first kappa shape index (κ1) is 17.9. The minimum Gasteiger partial charge on any atom is -0.492 e. The number of hydrogen-bond donors (Lipinski definition) is 1. The van der Waals surface area contributed by atoms with Gasteiger partial charge in [0.2, 0.25) is 5.91 Å². The monoisotopic (exact) mass is 366 g/mol. The average Bonchev–Trinajstić information content (AvgIpc) is 2.88. The van der Waals surface area contributed by atoms with Gasteiger partial charge in [-0.05, 0) is 44.2 Å². The third kappa shape index (κ3) is 4.27. The van der Waals surface area contributed by atoms with Crippen molar-refractivity contribution in [3.63, 3.8) is 0 Å². The predicted molar refractivity (Wildman–Crippen MR) is 102 cm³/mol. The van der Waals surface area contributed by atoms with Crippen molar-refractivity contribution in [2.45, 2.75) is 45.7 Å². The molecule has 0 radical (unpaired) electrons. The van der Waals surface area contributed by atoms with Gasteiger partial charge in [-0.2, -0.15) is 0 Å². The van der Waals surface area contributed by atoms with Crippen molar-refractivity contribution in [1.82, 2.24) is 20.2 Å². The lowest BCUT2D eigenvalue weighted by Crippen LogP contribution is -2.38. The van der Waals surface area contributed by atoms with E-state index < -0.39 is 0 Å². The maximum atomic E-state index is 12.4. The van der Waals surface area contributed by atoms with Crippen molar-refractivity contribution in [2.75, 3.05) is 19.7 Å². The molecule has 1 amide bonds. The number of aryl methyl sites for hydroxylation is 2. The summed E-state index contributed by atoms with van der Waals surface area (Å²) in [5, 5.41) is 2.98. The summed E-state index contributed by atoms with van der Waals surface area (Å²) in [5.74, 6) is 1.62. The molecule has 1 N–H and O–H groups in total. The van der Waals surface area contributed by atoms with Gasteiger partial charge in [-0.15, -0.1) is 0 Å². The summed E-state index contributed by atoms with van der Waals surface area (Å²) < 4.78 is 5.76. The van der Waals surface area contributed by atoms with Crippen LogP contribution in [-0.4, -0.2) is 40.5 Å². The molecule has 1 aromatic heterocycles. The third-order valence-corrected chi connectivity index (χ3v) is 5.28. The molecular weight excluding hydrogens is 340 g/mol. The zero-order valence-electron chi connectivity index (χ0n) is 15.8. The summed E-state index contributed by atoms with van der Waals surface area (Å²) in [6.45, 7) is 4.83. The second-order valence-corrected chi connectivity index (χ2v) is 7.30. The molecule has 0 saturated carbocycles. The molecule has 0 atom stereocenters. The molecule has 0 fully saturated rings. The van der Waals surface area contributed by atoms with Gasteiger partial charge in [0.25, 0.3) is 0 Å². The molecule has 0 bridgehead atoms. The second kappa shape index (κ2) is 8.05. The summed E-state index contributed by atoms with van der Waals surface area (Å²) in [5.41, 5.74) is 4.65. The Morgan fingerprint density at radius 2 is 2.07 bits per heavy atom. The van der Waals surface area contributed by atoms with Gasteiger partial charge in [-0.3, -0.25) is 9.69 Å². The van der Waals surface area contributed by atoms with Crippen LogP contribution < -0.4 is 10.1 Å². The second-order valence-electron chi connectivity index (χ2n) is 7.30. The van der Waals surface area contributed by atoms with E-state index in [0.29, 0.717) is 25.5 Å². The van der Waals surface area contributed by atoms with Crippen molar-refractivity contribution in [3.05, 3.63) is 52.6 Å². The minimum atomic E-state index is -0.00615. The average molecular weight is 366 g/mol. The highest BCUT2D eigenvalue weighted by molar-refractivity contribution is 5.77. The van der Waals surface area contributed by atoms with E-state index in [1.807, 2.05) is 25.1 Å². The number of rotatable bonds is 4. The molecule has 1 aliphatic carbocycles. The summed E-state index contributed by atoms with van der Waals surface area (Å²) in [6, 6.07) is 8.01. The molecular formula is C21H26N4O2. The Balaban J connectivity index is 1.34. The number of nitrogens with zero attached hydrogens (tertiary/aromatic N) is 3. The van der Waals surface area contributed by atoms with Crippen LogP contribution in [0.1, 0.15) is 41.2 Å². The number of carbonyl (C=O) groups excluding carboxylic acids is 1. The van der Waals surface area contributed by atoms with Crippen LogP contribution in [0, 0.1) is 6.92 Å². The van der Waals surface area contributed by atoms with Crippen LogP contribution in [0.3, 0.4) is 0 Å². The fraction of sp³-hybridized carbons (Fsp3) is 0.476. The van der Waals surface area contributed by atoms with Crippen LogP contribution in [0.5, 0.6) is 5.75 Å². The topological polar surface area (TPSA) is 67.4 Å². The van der Waals surface area contributed by atoms with Crippen molar-refractivity contribution < 1.29 is 9.53 Å². The van der Waals surface area contributed by atoms with Crippen LogP contribution in [0.4, 0.5) is 0 Å². The van der Waals surface area contributed by atoms with E-state index in [2.05, 4.69) is 26.3 Å². The highest BCUT2D eigenvalue weighted by Gasteiger charge is 2.18.